The first-order valence-corrected chi connectivity index (χ1v) is 9.10. The van der Waals surface area contributed by atoms with Crippen LogP contribution in [0.1, 0.15) is 29.8 Å². The SMILES string of the molecule is Cc1cc(C)nc(N2CCC[C@H](C(=O)NCCc3cccc(F)c3)C2)n1. The van der Waals surface area contributed by atoms with Crippen LogP contribution in [0.2, 0.25) is 0 Å². The number of benzene rings is 1. The van der Waals surface area contributed by atoms with E-state index in [2.05, 4.69) is 20.2 Å². The summed E-state index contributed by atoms with van der Waals surface area (Å²) in [5, 5.41) is 2.99. The van der Waals surface area contributed by atoms with Gasteiger partial charge in [-0.15, -0.1) is 0 Å². The number of carbonyl (C=O) groups excluding carboxylic acids is 1. The first-order chi connectivity index (χ1) is 12.5. The largest absolute Gasteiger partial charge is 0.355 e. The molecule has 1 aliphatic rings. The normalized spacial score (nSPS) is 17.2. The quantitative estimate of drug-likeness (QED) is 0.895. The van der Waals surface area contributed by atoms with Gasteiger partial charge in [0.1, 0.15) is 5.82 Å². The molecule has 1 saturated heterocycles. The Hall–Kier alpha value is -2.50. The molecule has 2 aromatic rings. The number of carbonyl (C=O) groups is 1. The molecule has 1 N–H and O–H groups in total. The number of aromatic nitrogens is 2. The second-order valence-electron chi connectivity index (χ2n) is 6.91. The molecule has 1 fully saturated rings. The maximum Gasteiger partial charge on any atom is 0.225 e. The lowest BCUT2D eigenvalue weighted by Crippen LogP contribution is -2.44. The zero-order chi connectivity index (χ0) is 18.5. The maximum atomic E-state index is 13.2. The molecule has 1 atom stereocenters. The van der Waals surface area contributed by atoms with E-state index < -0.39 is 0 Å². The van der Waals surface area contributed by atoms with E-state index in [0.29, 0.717) is 25.5 Å². The fourth-order valence-corrected chi connectivity index (χ4v) is 3.39. The molecule has 2 heterocycles. The summed E-state index contributed by atoms with van der Waals surface area (Å²) in [6.45, 7) is 5.93. The predicted octanol–water partition coefficient (Wildman–Crippen LogP) is 2.81. The van der Waals surface area contributed by atoms with Crippen LogP contribution in [0.5, 0.6) is 0 Å². The van der Waals surface area contributed by atoms with E-state index in [9.17, 15) is 9.18 Å². The number of hydrogen-bond acceptors (Lipinski definition) is 4. The lowest BCUT2D eigenvalue weighted by molar-refractivity contribution is -0.125. The molecular weight excluding hydrogens is 331 g/mol. The minimum atomic E-state index is -0.245. The summed E-state index contributed by atoms with van der Waals surface area (Å²) in [5.74, 6) is 0.445. The van der Waals surface area contributed by atoms with E-state index in [-0.39, 0.29) is 17.6 Å². The average molecular weight is 356 g/mol. The van der Waals surface area contributed by atoms with Crippen molar-refractivity contribution >= 4 is 11.9 Å². The van der Waals surface area contributed by atoms with Crippen molar-refractivity contribution < 1.29 is 9.18 Å². The summed E-state index contributed by atoms with van der Waals surface area (Å²) < 4.78 is 13.2. The van der Waals surface area contributed by atoms with Gasteiger partial charge in [-0.3, -0.25) is 4.79 Å². The van der Waals surface area contributed by atoms with Gasteiger partial charge in [-0.1, -0.05) is 12.1 Å². The van der Waals surface area contributed by atoms with Gasteiger partial charge in [0.25, 0.3) is 0 Å². The van der Waals surface area contributed by atoms with Crippen LogP contribution in [0.4, 0.5) is 10.3 Å². The topological polar surface area (TPSA) is 58.1 Å². The smallest absolute Gasteiger partial charge is 0.225 e. The van der Waals surface area contributed by atoms with Crippen molar-refractivity contribution in [2.45, 2.75) is 33.1 Å². The lowest BCUT2D eigenvalue weighted by Gasteiger charge is -2.32. The molecule has 0 bridgehead atoms. The number of nitrogens with one attached hydrogen (secondary N) is 1. The van der Waals surface area contributed by atoms with Crippen LogP contribution in [-0.2, 0) is 11.2 Å². The number of rotatable bonds is 5. The number of amides is 1. The van der Waals surface area contributed by atoms with Crippen LogP contribution in [0.3, 0.4) is 0 Å². The van der Waals surface area contributed by atoms with Crippen molar-refractivity contribution in [3.05, 3.63) is 53.1 Å². The first-order valence-electron chi connectivity index (χ1n) is 9.10. The van der Waals surface area contributed by atoms with Crippen molar-refractivity contribution in [2.24, 2.45) is 5.92 Å². The number of nitrogens with zero attached hydrogens (tertiary/aromatic N) is 3. The van der Waals surface area contributed by atoms with E-state index in [1.807, 2.05) is 26.0 Å². The molecule has 26 heavy (non-hydrogen) atoms. The predicted molar refractivity (Wildman–Crippen MR) is 99.6 cm³/mol. The highest BCUT2D eigenvalue weighted by Gasteiger charge is 2.27. The molecule has 1 aromatic heterocycles. The molecule has 1 aliphatic heterocycles. The Morgan fingerprint density at radius 2 is 2.04 bits per heavy atom. The summed E-state index contributed by atoms with van der Waals surface area (Å²) in [7, 11) is 0. The molecule has 138 valence electrons. The van der Waals surface area contributed by atoms with Crippen molar-refractivity contribution in [3.63, 3.8) is 0 Å². The number of aryl methyl sites for hydroxylation is 2. The van der Waals surface area contributed by atoms with Gasteiger partial charge in [-0.05, 0) is 56.9 Å². The summed E-state index contributed by atoms with van der Waals surface area (Å²) in [6, 6.07) is 8.44. The van der Waals surface area contributed by atoms with Gasteiger partial charge in [0.15, 0.2) is 0 Å². The van der Waals surface area contributed by atoms with E-state index in [1.165, 1.54) is 12.1 Å². The highest BCUT2D eigenvalue weighted by atomic mass is 19.1. The molecule has 6 heteroatoms. The maximum absolute atomic E-state index is 13.2. The second kappa shape index (κ2) is 8.25. The van der Waals surface area contributed by atoms with Crippen LogP contribution in [-0.4, -0.2) is 35.5 Å². The molecule has 0 saturated carbocycles. The van der Waals surface area contributed by atoms with Gasteiger partial charge in [-0.25, -0.2) is 14.4 Å². The van der Waals surface area contributed by atoms with Gasteiger partial charge >= 0.3 is 0 Å². The third-order valence-electron chi connectivity index (χ3n) is 4.65. The third-order valence-corrected chi connectivity index (χ3v) is 4.65. The Kier molecular flexibility index (Phi) is 5.81. The van der Waals surface area contributed by atoms with Crippen LogP contribution in [0, 0.1) is 25.6 Å². The molecule has 0 unspecified atom stereocenters. The molecule has 1 amide bonds. The fourth-order valence-electron chi connectivity index (χ4n) is 3.39. The zero-order valence-corrected chi connectivity index (χ0v) is 15.3. The Morgan fingerprint density at radius 1 is 1.27 bits per heavy atom. The molecule has 0 aliphatic carbocycles. The highest BCUT2D eigenvalue weighted by Crippen LogP contribution is 2.21. The molecular formula is C20H25FN4O. The standard InChI is InChI=1S/C20H25FN4O/c1-14-11-15(2)24-20(23-14)25-10-4-6-17(13-25)19(26)22-9-8-16-5-3-7-18(21)12-16/h3,5,7,11-12,17H,4,6,8-10,13H2,1-2H3,(H,22,26)/t17-/m0/s1. The van der Waals surface area contributed by atoms with Crippen LogP contribution in [0.15, 0.2) is 30.3 Å². The minimum absolute atomic E-state index is 0.0514. The van der Waals surface area contributed by atoms with Crippen molar-refractivity contribution in [1.29, 1.82) is 0 Å². The fraction of sp³-hybridized carbons (Fsp3) is 0.450. The molecule has 1 aromatic carbocycles. The highest BCUT2D eigenvalue weighted by molar-refractivity contribution is 5.79. The Bertz CT molecular complexity index is 760. The van der Waals surface area contributed by atoms with Crippen molar-refractivity contribution in [2.75, 3.05) is 24.5 Å². The molecule has 0 radical (unpaired) electrons. The Morgan fingerprint density at radius 3 is 2.77 bits per heavy atom. The van der Waals surface area contributed by atoms with Crippen LogP contribution >= 0.6 is 0 Å². The minimum Gasteiger partial charge on any atom is -0.355 e. The van der Waals surface area contributed by atoms with Gasteiger partial charge in [-0.2, -0.15) is 0 Å². The first kappa shape index (κ1) is 18.3. The number of halogens is 1. The van der Waals surface area contributed by atoms with Gasteiger partial charge in [0, 0.05) is 31.0 Å². The van der Waals surface area contributed by atoms with Gasteiger partial charge in [0.05, 0.1) is 5.92 Å². The summed E-state index contributed by atoms with van der Waals surface area (Å²) in [4.78, 5) is 23.6. The third kappa shape index (κ3) is 4.77. The summed E-state index contributed by atoms with van der Waals surface area (Å²) >= 11 is 0. The van der Waals surface area contributed by atoms with E-state index in [4.69, 9.17) is 0 Å². The van der Waals surface area contributed by atoms with Gasteiger partial charge < -0.3 is 10.2 Å². The monoisotopic (exact) mass is 356 g/mol. The molecule has 5 nitrogen and oxygen atoms in total. The zero-order valence-electron chi connectivity index (χ0n) is 15.3. The van der Waals surface area contributed by atoms with E-state index in [1.54, 1.807) is 6.07 Å². The average Bonchev–Trinajstić information content (AvgIpc) is 2.61. The number of hydrogen-bond donors (Lipinski definition) is 1. The number of piperidine rings is 1. The summed E-state index contributed by atoms with van der Waals surface area (Å²) in [5.41, 5.74) is 2.77. The molecule has 3 rings (SSSR count). The summed E-state index contributed by atoms with van der Waals surface area (Å²) in [6.07, 6.45) is 2.44. The van der Waals surface area contributed by atoms with Crippen LogP contribution < -0.4 is 10.2 Å². The lowest BCUT2D eigenvalue weighted by atomic mass is 9.97. The van der Waals surface area contributed by atoms with Crippen molar-refractivity contribution in [3.8, 4) is 0 Å². The van der Waals surface area contributed by atoms with E-state index >= 15 is 0 Å². The Labute approximate surface area is 153 Å². The van der Waals surface area contributed by atoms with Gasteiger partial charge in [0.2, 0.25) is 11.9 Å². The van der Waals surface area contributed by atoms with E-state index in [0.717, 1.165) is 36.3 Å². The van der Waals surface area contributed by atoms with Crippen molar-refractivity contribution in [1.82, 2.24) is 15.3 Å². The second-order valence-corrected chi connectivity index (χ2v) is 6.91. The molecule has 0 spiro atoms. The van der Waals surface area contributed by atoms with Crippen LogP contribution in [0.25, 0.3) is 0 Å². The number of anilines is 1. The Balaban J connectivity index is 1.54.